The smallest absolute Gasteiger partial charge is 0.335 e. The van der Waals surface area contributed by atoms with Crippen LogP contribution >= 0.6 is 0 Å². The minimum absolute atomic E-state index is 0.176. The Labute approximate surface area is 128 Å². The Balaban J connectivity index is 0.000000394. The standard InChI is InChI=1S/C9H23N3.C7H6O2/c1-8(11-7-6-10)9(2,3)12(4)5;8-7(9)6-4-2-1-3-5-6/h8,11H,6-7,10H2,1-5H3;1-5H,(H,8,9). The van der Waals surface area contributed by atoms with E-state index in [9.17, 15) is 4.79 Å². The molecular formula is C16H29N3O2. The molecule has 0 fully saturated rings. The summed E-state index contributed by atoms with van der Waals surface area (Å²) in [5, 5.41) is 11.8. The molecule has 1 rings (SSSR count). The van der Waals surface area contributed by atoms with E-state index in [1.165, 1.54) is 0 Å². The molecule has 5 heteroatoms. The molecule has 1 aromatic carbocycles. The third kappa shape index (κ3) is 7.22. The number of carbonyl (C=O) groups is 1. The number of carboxylic acids is 1. The van der Waals surface area contributed by atoms with Crippen LogP contribution in [0.15, 0.2) is 30.3 Å². The van der Waals surface area contributed by atoms with Gasteiger partial charge in [-0.2, -0.15) is 0 Å². The van der Waals surface area contributed by atoms with Gasteiger partial charge >= 0.3 is 5.97 Å². The summed E-state index contributed by atoms with van der Waals surface area (Å²) in [6, 6.07) is 8.75. The molecule has 5 nitrogen and oxygen atoms in total. The summed E-state index contributed by atoms with van der Waals surface area (Å²) in [7, 11) is 4.20. The van der Waals surface area contributed by atoms with Crippen LogP contribution in [0.5, 0.6) is 0 Å². The largest absolute Gasteiger partial charge is 0.478 e. The van der Waals surface area contributed by atoms with Crippen LogP contribution in [-0.2, 0) is 0 Å². The van der Waals surface area contributed by atoms with Gasteiger partial charge in [0.25, 0.3) is 0 Å². The van der Waals surface area contributed by atoms with Crippen LogP contribution < -0.4 is 11.1 Å². The van der Waals surface area contributed by atoms with Gasteiger partial charge in [-0.05, 0) is 47.0 Å². The quantitative estimate of drug-likeness (QED) is 0.744. The van der Waals surface area contributed by atoms with Crippen molar-refractivity contribution in [1.29, 1.82) is 0 Å². The van der Waals surface area contributed by atoms with Gasteiger partial charge in [-0.3, -0.25) is 0 Å². The minimum Gasteiger partial charge on any atom is -0.478 e. The van der Waals surface area contributed by atoms with E-state index in [1.54, 1.807) is 30.3 Å². The monoisotopic (exact) mass is 295 g/mol. The fourth-order valence-electron chi connectivity index (χ4n) is 1.52. The molecule has 0 aliphatic carbocycles. The molecule has 0 bridgehead atoms. The molecule has 1 atom stereocenters. The molecule has 0 saturated carbocycles. The first-order valence-electron chi connectivity index (χ1n) is 7.12. The van der Waals surface area contributed by atoms with Gasteiger partial charge in [0.2, 0.25) is 0 Å². The molecule has 0 heterocycles. The predicted molar refractivity (Wildman–Crippen MR) is 87.7 cm³/mol. The highest BCUT2D eigenvalue weighted by molar-refractivity contribution is 5.87. The normalized spacial score (nSPS) is 12.5. The van der Waals surface area contributed by atoms with Gasteiger partial charge in [-0.15, -0.1) is 0 Å². The van der Waals surface area contributed by atoms with Crippen molar-refractivity contribution in [3.63, 3.8) is 0 Å². The number of benzene rings is 1. The van der Waals surface area contributed by atoms with E-state index in [1.807, 2.05) is 0 Å². The second kappa shape index (κ2) is 9.50. The summed E-state index contributed by atoms with van der Waals surface area (Å²) < 4.78 is 0. The van der Waals surface area contributed by atoms with Gasteiger partial charge in [0.05, 0.1) is 5.56 Å². The van der Waals surface area contributed by atoms with Crippen LogP contribution in [0.4, 0.5) is 0 Å². The summed E-state index contributed by atoms with van der Waals surface area (Å²) in [4.78, 5) is 12.4. The summed E-state index contributed by atoms with van der Waals surface area (Å²) in [6.45, 7) is 8.23. The molecule has 0 amide bonds. The number of carboxylic acid groups (broad SMARTS) is 1. The number of hydrogen-bond donors (Lipinski definition) is 3. The van der Waals surface area contributed by atoms with Gasteiger partial charge in [0, 0.05) is 24.7 Å². The van der Waals surface area contributed by atoms with Crippen molar-refractivity contribution in [2.45, 2.75) is 32.4 Å². The molecule has 120 valence electrons. The molecule has 4 N–H and O–H groups in total. The maximum Gasteiger partial charge on any atom is 0.335 e. The van der Waals surface area contributed by atoms with Crippen LogP contribution in [-0.4, -0.2) is 54.7 Å². The van der Waals surface area contributed by atoms with E-state index >= 15 is 0 Å². The molecule has 0 aromatic heterocycles. The maximum absolute atomic E-state index is 10.2. The van der Waals surface area contributed by atoms with Crippen molar-refractivity contribution >= 4 is 5.97 Å². The van der Waals surface area contributed by atoms with Crippen LogP contribution in [0.3, 0.4) is 0 Å². The van der Waals surface area contributed by atoms with Crippen molar-refractivity contribution in [3.05, 3.63) is 35.9 Å². The fourth-order valence-corrected chi connectivity index (χ4v) is 1.52. The summed E-state index contributed by atoms with van der Waals surface area (Å²) in [6.07, 6.45) is 0. The summed E-state index contributed by atoms with van der Waals surface area (Å²) in [5.41, 5.74) is 5.93. The van der Waals surface area contributed by atoms with Gasteiger partial charge in [0.1, 0.15) is 0 Å². The minimum atomic E-state index is -0.879. The third-order valence-electron chi connectivity index (χ3n) is 3.83. The van der Waals surface area contributed by atoms with Gasteiger partial charge in [-0.1, -0.05) is 18.2 Å². The van der Waals surface area contributed by atoms with Crippen LogP contribution in [0.25, 0.3) is 0 Å². The number of aromatic carboxylic acids is 1. The fraction of sp³-hybridized carbons (Fsp3) is 0.562. The Kier molecular flexibility index (Phi) is 8.85. The lowest BCUT2D eigenvalue weighted by molar-refractivity contribution is 0.0697. The van der Waals surface area contributed by atoms with E-state index in [2.05, 4.69) is 45.1 Å². The molecular weight excluding hydrogens is 266 g/mol. The van der Waals surface area contributed by atoms with E-state index in [-0.39, 0.29) is 5.54 Å². The number of hydrogen-bond acceptors (Lipinski definition) is 4. The Morgan fingerprint density at radius 1 is 1.33 bits per heavy atom. The Hall–Kier alpha value is -1.43. The second-order valence-corrected chi connectivity index (χ2v) is 5.68. The molecule has 1 unspecified atom stereocenters. The molecule has 21 heavy (non-hydrogen) atoms. The van der Waals surface area contributed by atoms with Crippen LogP contribution in [0.2, 0.25) is 0 Å². The molecule has 0 aliphatic rings. The van der Waals surface area contributed by atoms with E-state index in [4.69, 9.17) is 10.8 Å². The average molecular weight is 295 g/mol. The number of rotatable bonds is 6. The van der Waals surface area contributed by atoms with Crippen molar-refractivity contribution < 1.29 is 9.90 Å². The molecule has 0 saturated heterocycles. The van der Waals surface area contributed by atoms with E-state index in [0.717, 1.165) is 6.54 Å². The number of nitrogens with zero attached hydrogens (tertiary/aromatic N) is 1. The first-order valence-corrected chi connectivity index (χ1v) is 7.12. The van der Waals surface area contributed by atoms with Crippen molar-refractivity contribution in [2.24, 2.45) is 5.73 Å². The lowest BCUT2D eigenvalue weighted by Crippen LogP contribution is -2.54. The SMILES string of the molecule is CC(NCCN)C(C)(C)N(C)C.O=C(O)c1ccccc1. The molecule has 1 aromatic rings. The van der Waals surface area contributed by atoms with Gasteiger partial charge in [-0.25, -0.2) is 4.79 Å². The molecule has 0 aliphatic heterocycles. The zero-order valence-corrected chi connectivity index (χ0v) is 13.8. The number of nitrogens with two attached hydrogens (primary N) is 1. The average Bonchev–Trinajstić information content (AvgIpc) is 2.46. The van der Waals surface area contributed by atoms with Crippen molar-refractivity contribution in [2.75, 3.05) is 27.2 Å². The molecule has 0 radical (unpaired) electrons. The zero-order chi connectivity index (χ0) is 16.5. The van der Waals surface area contributed by atoms with Gasteiger partial charge < -0.3 is 21.1 Å². The zero-order valence-electron chi connectivity index (χ0n) is 13.8. The lowest BCUT2D eigenvalue weighted by atomic mass is 9.95. The highest BCUT2D eigenvalue weighted by Crippen LogP contribution is 2.14. The van der Waals surface area contributed by atoms with E-state index < -0.39 is 5.97 Å². The number of likely N-dealkylation sites (N-methyl/N-ethyl adjacent to an activating group) is 1. The first kappa shape index (κ1) is 19.6. The van der Waals surface area contributed by atoms with Crippen molar-refractivity contribution in [3.8, 4) is 0 Å². The van der Waals surface area contributed by atoms with E-state index in [0.29, 0.717) is 18.2 Å². The Morgan fingerprint density at radius 3 is 2.19 bits per heavy atom. The van der Waals surface area contributed by atoms with Gasteiger partial charge in [0.15, 0.2) is 0 Å². The number of nitrogens with one attached hydrogen (secondary N) is 1. The highest BCUT2D eigenvalue weighted by atomic mass is 16.4. The van der Waals surface area contributed by atoms with Crippen LogP contribution in [0.1, 0.15) is 31.1 Å². The van der Waals surface area contributed by atoms with Crippen molar-refractivity contribution in [1.82, 2.24) is 10.2 Å². The highest BCUT2D eigenvalue weighted by Gasteiger charge is 2.27. The molecule has 0 spiro atoms. The summed E-state index contributed by atoms with van der Waals surface area (Å²) >= 11 is 0. The van der Waals surface area contributed by atoms with Crippen LogP contribution in [0, 0.1) is 0 Å². The first-order chi connectivity index (χ1) is 9.73. The predicted octanol–water partition coefficient (Wildman–Crippen LogP) is 1.65. The maximum atomic E-state index is 10.2. The Bertz CT molecular complexity index is 405. The summed E-state index contributed by atoms with van der Waals surface area (Å²) in [5.74, 6) is -0.879. The topological polar surface area (TPSA) is 78.6 Å². The lowest BCUT2D eigenvalue weighted by Gasteiger charge is -2.38. The third-order valence-corrected chi connectivity index (χ3v) is 3.83. The second-order valence-electron chi connectivity index (χ2n) is 5.68. The Morgan fingerprint density at radius 2 is 1.86 bits per heavy atom.